The van der Waals surface area contributed by atoms with Crippen molar-refractivity contribution in [1.29, 1.82) is 0 Å². The largest absolute Gasteiger partial charge is 0.383 e. The van der Waals surface area contributed by atoms with Gasteiger partial charge in [-0.2, -0.15) is 0 Å². The van der Waals surface area contributed by atoms with E-state index in [9.17, 15) is 0 Å². The Balaban J connectivity index is 2.40. The molecule has 0 saturated heterocycles. The molecule has 0 radical (unpaired) electrons. The van der Waals surface area contributed by atoms with Crippen LogP contribution >= 0.6 is 0 Å². The third kappa shape index (κ3) is 6.35. The summed E-state index contributed by atoms with van der Waals surface area (Å²) in [6.07, 6.45) is 0. The molecule has 0 aliphatic carbocycles. The minimum Gasteiger partial charge on any atom is -0.383 e. The number of nitrogens with zero attached hydrogens (tertiary/aromatic N) is 3. The van der Waals surface area contributed by atoms with Crippen molar-refractivity contribution in [3.63, 3.8) is 0 Å². The van der Waals surface area contributed by atoms with Crippen LogP contribution in [0.4, 0.5) is 11.6 Å². The van der Waals surface area contributed by atoms with Gasteiger partial charge in [0.2, 0.25) is 0 Å². The maximum Gasteiger partial charge on any atom is 0.131 e. The zero-order chi connectivity index (χ0) is 14.1. The van der Waals surface area contributed by atoms with Gasteiger partial charge in [-0.25, -0.2) is 9.97 Å². The fraction of sp³-hybridized carbons (Fsp3) is 0.692. The zero-order valence-electron chi connectivity index (χ0n) is 12.4. The molecule has 1 aromatic heterocycles. The second-order valence-corrected chi connectivity index (χ2v) is 4.44. The molecule has 0 aliphatic rings. The molecule has 0 saturated carbocycles. The quantitative estimate of drug-likeness (QED) is 0.701. The van der Waals surface area contributed by atoms with E-state index in [2.05, 4.69) is 39.5 Å². The normalized spacial score (nSPS) is 10.8. The second-order valence-electron chi connectivity index (χ2n) is 4.44. The topological polar surface area (TPSA) is 62.3 Å². The van der Waals surface area contributed by atoms with Gasteiger partial charge in [0.1, 0.15) is 17.5 Å². The first kappa shape index (κ1) is 15.7. The molecule has 0 unspecified atom stereocenters. The summed E-state index contributed by atoms with van der Waals surface area (Å²) in [6, 6.07) is 1.94. The number of methoxy groups -OCH3 is 1. The molecule has 108 valence electrons. The molecule has 0 amide bonds. The first-order valence-corrected chi connectivity index (χ1v) is 6.66. The fourth-order valence-corrected chi connectivity index (χ4v) is 1.66. The van der Waals surface area contributed by atoms with Crippen LogP contribution < -0.4 is 10.6 Å². The summed E-state index contributed by atoms with van der Waals surface area (Å²) >= 11 is 0. The predicted octanol–water partition coefficient (Wildman–Crippen LogP) is 1.21. The highest BCUT2D eigenvalue weighted by Gasteiger charge is 2.02. The zero-order valence-corrected chi connectivity index (χ0v) is 12.4. The number of hydrogen-bond donors (Lipinski definition) is 2. The van der Waals surface area contributed by atoms with Crippen molar-refractivity contribution in [2.45, 2.75) is 13.8 Å². The number of aromatic nitrogens is 2. The standard InChI is InChI=1S/C13H25N5O/c1-5-14-12-10-13(17-11(2)16-12)15-6-7-18(3)8-9-19-4/h10H,5-9H2,1-4H3,(H2,14,15,16,17). The number of rotatable bonds is 9. The van der Waals surface area contributed by atoms with Gasteiger partial charge in [0, 0.05) is 39.4 Å². The lowest BCUT2D eigenvalue weighted by Gasteiger charge is -2.16. The Labute approximate surface area is 115 Å². The fourth-order valence-electron chi connectivity index (χ4n) is 1.66. The first-order valence-electron chi connectivity index (χ1n) is 6.66. The molecule has 0 bridgehead atoms. The van der Waals surface area contributed by atoms with Crippen molar-refractivity contribution >= 4 is 11.6 Å². The molecule has 0 atom stereocenters. The van der Waals surface area contributed by atoms with Gasteiger partial charge in [0.05, 0.1) is 6.61 Å². The molecule has 0 aliphatic heterocycles. The van der Waals surface area contributed by atoms with Crippen LogP contribution in [-0.2, 0) is 4.74 Å². The third-order valence-corrected chi connectivity index (χ3v) is 2.67. The molecule has 1 aromatic rings. The van der Waals surface area contributed by atoms with Crippen molar-refractivity contribution in [2.75, 3.05) is 57.6 Å². The summed E-state index contributed by atoms with van der Waals surface area (Å²) in [6.45, 7) is 8.30. The van der Waals surface area contributed by atoms with E-state index in [1.54, 1.807) is 7.11 Å². The molecular weight excluding hydrogens is 242 g/mol. The van der Waals surface area contributed by atoms with Crippen LogP contribution in [0.5, 0.6) is 0 Å². The lowest BCUT2D eigenvalue weighted by atomic mass is 10.4. The highest BCUT2D eigenvalue weighted by Crippen LogP contribution is 2.10. The number of nitrogens with one attached hydrogen (secondary N) is 2. The van der Waals surface area contributed by atoms with Gasteiger partial charge in [-0.3, -0.25) is 0 Å². The van der Waals surface area contributed by atoms with Crippen molar-refractivity contribution in [3.05, 3.63) is 11.9 Å². The minimum atomic E-state index is 0.758. The molecule has 6 nitrogen and oxygen atoms in total. The van der Waals surface area contributed by atoms with Crippen LogP contribution in [0.25, 0.3) is 0 Å². The minimum absolute atomic E-state index is 0.758. The Hall–Kier alpha value is -1.40. The number of aryl methyl sites for hydroxylation is 1. The number of hydrogen-bond acceptors (Lipinski definition) is 6. The average Bonchev–Trinajstić information content (AvgIpc) is 2.36. The van der Waals surface area contributed by atoms with Gasteiger partial charge in [-0.15, -0.1) is 0 Å². The van der Waals surface area contributed by atoms with Crippen LogP contribution in [0, 0.1) is 6.92 Å². The summed E-state index contributed by atoms with van der Waals surface area (Å²) in [5, 5.41) is 6.52. The Bertz CT molecular complexity index is 372. The lowest BCUT2D eigenvalue weighted by Crippen LogP contribution is -2.28. The SMILES string of the molecule is CCNc1cc(NCCN(C)CCOC)nc(C)n1. The summed E-state index contributed by atoms with van der Waals surface area (Å²) in [5.74, 6) is 2.50. The number of anilines is 2. The number of ether oxygens (including phenoxy) is 1. The summed E-state index contributed by atoms with van der Waals surface area (Å²) in [4.78, 5) is 10.9. The van der Waals surface area contributed by atoms with Gasteiger partial charge < -0.3 is 20.3 Å². The van der Waals surface area contributed by atoms with Crippen LogP contribution in [-0.4, -0.2) is 61.8 Å². The lowest BCUT2D eigenvalue weighted by molar-refractivity contribution is 0.163. The van der Waals surface area contributed by atoms with Crippen molar-refractivity contribution in [2.24, 2.45) is 0 Å². The van der Waals surface area contributed by atoms with Gasteiger partial charge >= 0.3 is 0 Å². The van der Waals surface area contributed by atoms with Gasteiger partial charge in [0.25, 0.3) is 0 Å². The molecule has 0 spiro atoms. The molecule has 6 heteroatoms. The highest BCUT2D eigenvalue weighted by molar-refractivity contribution is 5.47. The van der Waals surface area contributed by atoms with E-state index in [1.165, 1.54) is 0 Å². The van der Waals surface area contributed by atoms with Gasteiger partial charge in [-0.05, 0) is 20.9 Å². The van der Waals surface area contributed by atoms with Crippen LogP contribution in [0.3, 0.4) is 0 Å². The van der Waals surface area contributed by atoms with Crippen molar-refractivity contribution < 1.29 is 4.74 Å². The van der Waals surface area contributed by atoms with E-state index in [0.29, 0.717) is 0 Å². The van der Waals surface area contributed by atoms with E-state index >= 15 is 0 Å². The Morgan fingerprint density at radius 1 is 1.21 bits per heavy atom. The molecule has 0 aromatic carbocycles. The second kappa shape index (κ2) is 8.66. The van der Waals surface area contributed by atoms with E-state index in [1.807, 2.05) is 13.0 Å². The summed E-state index contributed by atoms with van der Waals surface area (Å²) in [7, 11) is 3.80. The monoisotopic (exact) mass is 267 g/mol. The van der Waals surface area contributed by atoms with E-state index in [4.69, 9.17) is 4.74 Å². The van der Waals surface area contributed by atoms with Crippen LogP contribution in [0.2, 0.25) is 0 Å². The highest BCUT2D eigenvalue weighted by atomic mass is 16.5. The number of likely N-dealkylation sites (N-methyl/N-ethyl adjacent to an activating group) is 1. The third-order valence-electron chi connectivity index (χ3n) is 2.67. The Morgan fingerprint density at radius 3 is 2.53 bits per heavy atom. The van der Waals surface area contributed by atoms with Gasteiger partial charge in [0.15, 0.2) is 0 Å². The molecule has 1 rings (SSSR count). The Morgan fingerprint density at radius 2 is 1.89 bits per heavy atom. The molecule has 2 N–H and O–H groups in total. The molecule has 0 fully saturated rings. The van der Waals surface area contributed by atoms with Crippen LogP contribution in [0.15, 0.2) is 6.07 Å². The maximum absolute atomic E-state index is 5.04. The van der Waals surface area contributed by atoms with E-state index in [-0.39, 0.29) is 0 Å². The average molecular weight is 267 g/mol. The van der Waals surface area contributed by atoms with Gasteiger partial charge in [-0.1, -0.05) is 0 Å². The van der Waals surface area contributed by atoms with Crippen molar-refractivity contribution in [3.8, 4) is 0 Å². The molecular formula is C13H25N5O. The maximum atomic E-state index is 5.04. The summed E-state index contributed by atoms with van der Waals surface area (Å²) in [5.41, 5.74) is 0. The Kier molecular flexibility index (Phi) is 7.14. The van der Waals surface area contributed by atoms with Crippen LogP contribution in [0.1, 0.15) is 12.7 Å². The van der Waals surface area contributed by atoms with Crippen molar-refractivity contribution in [1.82, 2.24) is 14.9 Å². The molecule has 1 heterocycles. The predicted molar refractivity (Wildman–Crippen MR) is 78.8 cm³/mol. The molecule has 19 heavy (non-hydrogen) atoms. The first-order chi connectivity index (χ1) is 9.15. The summed E-state index contributed by atoms with van der Waals surface area (Å²) < 4.78 is 5.04. The van der Waals surface area contributed by atoms with E-state index in [0.717, 1.165) is 50.2 Å². The smallest absolute Gasteiger partial charge is 0.131 e. The van der Waals surface area contributed by atoms with E-state index < -0.39 is 0 Å².